The molecule has 1 aromatic heterocycles. The van der Waals surface area contributed by atoms with Gasteiger partial charge >= 0.3 is 0 Å². The third kappa shape index (κ3) is 3.04. The number of hydrogen-bond donors (Lipinski definition) is 1. The first-order chi connectivity index (χ1) is 10.1. The highest BCUT2D eigenvalue weighted by atomic mass is 35.5. The summed E-state index contributed by atoms with van der Waals surface area (Å²) >= 11 is 6.78. The highest BCUT2D eigenvalue weighted by Gasteiger charge is 2.34. The van der Waals surface area contributed by atoms with Gasteiger partial charge in [0.1, 0.15) is 0 Å². The first kappa shape index (κ1) is 14.0. The van der Waals surface area contributed by atoms with Crippen molar-refractivity contribution in [2.75, 3.05) is 0 Å². The Morgan fingerprint density at radius 3 is 2.62 bits per heavy atom. The van der Waals surface area contributed by atoms with Gasteiger partial charge in [-0.1, -0.05) is 23.7 Å². The molecule has 1 fully saturated rings. The molecule has 2 aromatic rings. The van der Waals surface area contributed by atoms with Crippen LogP contribution in [0.25, 0.3) is 6.08 Å². The van der Waals surface area contributed by atoms with Gasteiger partial charge in [0.25, 0.3) is 11.1 Å². The Hall–Kier alpha value is -1.98. The van der Waals surface area contributed by atoms with Crippen molar-refractivity contribution in [3.8, 4) is 0 Å². The molecule has 21 heavy (non-hydrogen) atoms. The monoisotopic (exact) mass is 318 g/mol. The molecule has 0 bridgehead atoms. The Bertz CT molecular complexity index is 708. The van der Waals surface area contributed by atoms with Crippen molar-refractivity contribution in [2.45, 2.75) is 6.54 Å². The first-order valence-corrected chi connectivity index (χ1v) is 7.46. The molecule has 0 unspecified atom stereocenters. The molecule has 106 valence electrons. The molecule has 1 aliphatic heterocycles. The summed E-state index contributed by atoms with van der Waals surface area (Å²) in [5.41, 5.74) is 1.66. The average molecular weight is 319 g/mol. The van der Waals surface area contributed by atoms with Crippen LogP contribution in [0.15, 0.2) is 47.5 Å². The van der Waals surface area contributed by atoms with Crippen LogP contribution >= 0.6 is 23.4 Å². The number of halogens is 1. The Kier molecular flexibility index (Phi) is 3.86. The van der Waals surface area contributed by atoms with E-state index in [9.17, 15) is 9.59 Å². The minimum atomic E-state index is -0.269. The molecule has 1 saturated heterocycles. The minimum Gasteiger partial charge on any atom is -0.362 e. The fourth-order valence-corrected chi connectivity index (χ4v) is 2.94. The van der Waals surface area contributed by atoms with Crippen LogP contribution in [0.2, 0.25) is 5.02 Å². The number of thioether (sulfide) groups is 1. The van der Waals surface area contributed by atoms with Gasteiger partial charge in [0.15, 0.2) is 0 Å². The molecule has 0 spiro atoms. The number of amides is 2. The number of rotatable bonds is 3. The number of aromatic nitrogens is 1. The van der Waals surface area contributed by atoms with E-state index in [-0.39, 0.29) is 17.7 Å². The van der Waals surface area contributed by atoms with E-state index in [0.717, 1.165) is 23.0 Å². The maximum absolute atomic E-state index is 12.3. The van der Waals surface area contributed by atoms with Gasteiger partial charge in [-0.3, -0.25) is 14.5 Å². The first-order valence-electron chi connectivity index (χ1n) is 6.27. The van der Waals surface area contributed by atoms with Crippen LogP contribution in [0.3, 0.4) is 0 Å². The van der Waals surface area contributed by atoms with Gasteiger partial charge in [-0.2, -0.15) is 0 Å². The summed E-state index contributed by atoms with van der Waals surface area (Å²) in [5, 5.41) is 0.368. The van der Waals surface area contributed by atoms with E-state index in [0.29, 0.717) is 9.93 Å². The van der Waals surface area contributed by atoms with E-state index in [4.69, 9.17) is 11.6 Å². The standard InChI is InChI=1S/C15H11ClN2O2S/c16-11-5-3-10(4-6-11)9-18-14(19)13(21-15(18)20)8-12-2-1-7-17-12/h1-8,17H,9H2/b13-8-. The zero-order chi connectivity index (χ0) is 14.8. The predicted octanol–water partition coefficient (Wildman–Crippen LogP) is 3.90. The SMILES string of the molecule is O=C1S/C(=C\c2ccc[nH]2)C(=O)N1Cc1ccc(Cl)cc1. The Morgan fingerprint density at radius 1 is 1.19 bits per heavy atom. The molecule has 6 heteroatoms. The van der Waals surface area contributed by atoms with Crippen molar-refractivity contribution in [2.24, 2.45) is 0 Å². The molecule has 2 amide bonds. The van der Waals surface area contributed by atoms with Gasteiger partial charge < -0.3 is 4.98 Å². The molecule has 4 nitrogen and oxygen atoms in total. The van der Waals surface area contributed by atoms with Crippen LogP contribution in [-0.4, -0.2) is 21.0 Å². The van der Waals surface area contributed by atoms with Gasteiger partial charge in [0.05, 0.1) is 11.4 Å². The minimum absolute atomic E-state index is 0.254. The number of benzene rings is 1. The number of carbonyl (C=O) groups excluding carboxylic acids is 2. The largest absolute Gasteiger partial charge is 0.362 e. The summed E-state index contributed by atoms with van der Waals surface area (Å²) in [4.78, 5) is 28.9. The molecule has 1 aliphatic rings. The van der Waals surface area contributed by atoms with Crippen molar-refractivity contribution in [1.82, 2.24) is 9.88 Å². The van der Waals surface area contributed by atoms with Gasteiger partial charge in [-0.25, -0.2) is 0 Å². The second kappa shape index (κ2) is 5.79. The summed E-state index contributed by atoms with van der Waals surface area (Å²) in [6, 6.07) is 10.8. The molecule has 3 rings (SSSR count). The van der Waals surface area contributed by atoms with E-state index in [2.05, 4.69) is 4.98 Å². The summed E-state index contributed by atoms with van der Waals surface area (Å²) in [7, 11) is 0. The normalized spacial score (nSPS) is 17.0. The van der Waals surface area contributed by atoms with Crippen molar-refractivity contribution in [1.29, 1.82) is 0 Å². The molecular formula is C15H11ClN2O2S. The van der Waals surface area contributed by atoms with E-state index in [1.807, 2.05) is 12.1 Å². The summed E-state index contributed by atoms with van der Waals surface area (Å²) < 4.78 is 0. The summed E-state index contributed by atoms with van der Waals surface area (Å²) in [5.74, 6) is -0.269. The van der Waals surface area contributed by atoms with Crippen molar-refractivity contribution < 1.29 is 9.59 Å². The molecule has 1 N–H and O–H groups in total. The summed E-state index contributed by atoms with van der Waals surface area (Å²) in [6.45, 7) is 0.254. The predicted molar refractivity (Wildman–Crippen MR) is 83.8 cm³/mol. The van der Waals surface area contributed by atoms with Crippen molar-refractivity contribution >= 4 is 40.6 Å². The highest BCUT2D eigenvalue weighted by molar-refractivity contribution is 8.18. The number of hydrogen-bond acceptors (Lipinski definition) is 3. The van der Waals surface area contributed by atoms with Crippen LogP contribution < -0.4 is 0 Å². The van der Waals surface area contributed by atoms with Crippen molar-refractivity contribution in [3.05, 3.63) is 63.8 Å². The zero-order valence-corrected chi connectivity index (χ0v) is 12.4. The average Bonchev–Trinajstić information content (AvgIpc) is 3.06. The maximum Gasteiger partial charge on any atom is 0.293 e. The van der Waals surface area contributed by atoms with Crippen molar-refractivity contribution in [3.63, 3.8) is 0 Å². The number of nitrogens with one attached hydrogen (secondary N) is 1. The Balaban J connectivity index is 1.79. The van der Waals surface area contributed by atoms with E-state index in [1.165, 1.54) is 4.90 Å². The number of H-pyrrole nitrogens is 1. The molecule has 0 saturated carbocycles. The molecule has 0 atom stereocenters. The lowest BCUT2D eigenvalue weighted by atomic mass is 10.2. The van der Waals surface area contributed by atoms with Gasteiger partial charge in [-0.05, 0) is 47.7 Å². The molecule has 0 radical (unpaired) electrons. The third-order valence-corrected chi connectivity index (χ3v) is 4.20. The fraction of sp³-hybridized carbons (Fsp3) is 0.0667. The Labute approximate surface area is 130 Å². The second-order valence-corrected chi connectivity index (χ2v) is 5.95. The van der Waals surface area contributed by atoms with E-state index >= 15 is 0 Å². The Morgan fingerprint density at radius 2 is 1.95 bits per heavy atom. The zero-order valence-electron chi connectivity index (χ0n) is 10.9. The number of carbonyl (C=O) groups is 2. The van der Waals surface area contributed by atoms with Crippen LogP contribution in [0.5, 0.6) is 0 Å². The quantitative estimate of drug-likeness (QED) is 0.873. The van der Waals surface area contributed by atoms with E-state index < -0.39 is 0 Å². The highest BCUT2D eigenvalue weighted by Crippen LogP contribution is 2.33. The van der Waals surface area contributed by atoms with Gasteiger partial charge in [0.2, 0.25) is 0 Å². The van der Waals surface area contributed by atoms with Gasteiger partial charge in [0, 0.05) is 16.9 Å². The van der Waals surface area contributed by atoms with Crippen LogP contribution in [0.1, 0.15) is 11.3 Å². The summed E-state index contributed by atoms with van der Waals surface area (Å²) in [6.07, 6.45) is 3.45. The number of aromatic amines is 1. The van der Waals surface area contributed by atoms with Crippen LogP contribution in [-0.2, 0) is 11.3 Å². The molecule has 2 heterocycles. The third-order valence-electron chi connectivity index (χ3n) is 3.04. The maximum atomic E-state index is 12.3. The molecular weight excluding hydrogens is 308 g/mol. The van der Waals surface area contributed by atoms with E-state index in [1.54, 1.807) is 36.5 Å². The lowest BCUT2D eigenvalue weighted by Crippen LogP contribution is -2.27. The molecule has 0 aliphatic carbocycles. The number of imide groups is 1. The van der Waals surface area contributed by atoms with Gasteiger partial charge in [-0.15, -0.1) is 0 Å². The second-order valence-electron chi connectivity index (χ2n) is 4.52. The smallest absolute Gasteiger partial charge is 0.293 e. The lowest BCUT2D eigenvalue weighted by molar-refractivity contribution is -0.123. The topological polar surface area (TPSA) is 53.2 Å². The van der Waals surface area contributed by atoms with Crippen LogP contribution in [0.4, 0.5) is 4.79 Å². The molecule has 1 aromatic carbocycles. The van der Waals surface area contributed by atoms with Crippen LogP contribution in [0, 0.1) is 0 Å². The number of nitrogens with zero attached hydrogens (tertiary/aromatic N) is 1. The lowest BCUT2D eigenvalue weighted by Gasteiger charge is -2.12. The fourth-order valence-electron chi connectivity index (χ4n) is 1.98.